The van der Waals surface area contributed by atoms with Gasteiger partial charge in [0.1, 0.15) is 11.3 Å². The van der Waals surface area contributed by atoms with Crippen molar-refractivity contribution in [2.24, 2.45) is 0 Å². The lowest BCUT2D eigenvalue weighted by Gasteiger charge is -2.12. The Bertz CT molecular complexity index is 2430. The fourth-order valence-electron chi connectivity index (χ4n) is 6.59. The average Bonchev–Trinajstić information content (AvgIpc) is 3.72. The predicted octanol–water partition coefficient (Wildman–Crippen LogP) is 11.6. The first-order valence-corrected chi connectivity index (χ1v) is 15.5. The van der Waals surface area contributed by atoms with Gasteiger partial charge in [-0.3, -0.25) is 0 Å². The summed E-state index contributed by atoms with van der Waals surface area (Å²) in [5.74, 6) is 0.879. The van der Waals surface area contributed by atoms with Crippen molar-refractivity contribution in [3.8, 4) is 50.7 Å². The molecule has 6 aromatic carbocycles. The SMILES string of the molecule is c1ccc(-c2cc(-c3ccccc3)nc(-c3ccc(-n4c5ccccc5c5c6oc(-c7ccccc7)cc6ccc54)cc3)c2)cc1. The second kappa shape index (κ2) is 10.8. The van der Waals surface area contributed by atoms with Crippen LogP contribution < -0.4 is 0 Å². The number of furan rings is 1. The summed E-state index contributed by atoms with van der Waals surface area (Å²) in [5, 5.41) is 3.40. The van der Waals surface area contributed by atoms with Crippen LogP contribution in [-0.2, 0) is 0 Å². The Kier molecular flexibility index (Phi) is 6.14. The fraction of sp³-hybridized carbons (Fsp3) is 0. The normalized spacial score (nSPS) is 11.5. The van der Waals surface area contributed by atoms with E-state index in [2.05, 4.69) is 150 Å². The van der Waals surface area contributed by atoms with E-state index >= 15 is 0 Å². The minimum Gasteiger partial charge on any atom is -0.455 e. The van der Waals surface area contributed by atoms with Crippen molar-refractivity contribution in [1.29, 1.82) is 0 Å². The predicted molar refractivity (Wildman–Crippen MR) is 190 cm³/mol. The largest absolute Gasteiger partial charge is 0.455 e. The number of pyridine rings is 1. The van der Waals surface area contributed by atoms with Gasteiger partial charge in [0.05, 0.1) is 27.8 Å². The van der Waals surface area contributed by atoms with Crippen LogP contribution in [0.3, 0.4) is 0 Å². The van der Waals surface area contributed by atoms with Gasteiger partial charge >= 0.3 is 0 Å². The number of rotatable bonds is 5. The Morgan fingerprint density at radius 2 is 1.02 bits per heavy atom. The van der Waals surface area contributed by atoms with E-state index in [0.29, 0.717) is 0 Å². The molecule has 0 aliphatic heterocycles. The maximum atomic E-state index is 6.58. The summed E-state index contributed by atoms with van der Waals surface area (Å²) in [6, 6.07) is 59.4. The summed E-state index contributed by atoms with van der Waals surface area (Å²) in [5.41, 5.74) is 11.7. The number of aromatic nitrogens is 2. The summed E-state index contributed by atoms with van der Waals surface area (Å²) in [6.45, 7) is 0. The van der Waals surface area contributed by atoms with Crippen molar-refractivity contribution in [3.05, 3.63) is 170 Å². The van der Waals surface area contributed by atoms with Gasteiger partial charge in [-0.1, -0.05) is 121 Å². The fourth-order valence-corrected chi connectivity index (χ4v) is 6.59. The molecule has 216 valence electrons. The molecule has 0 radical (unpaired) electrons. The lowest BCUT2D eigenvalue weighted by Crippen LogP contribution is -1.95. The molecule has 0 aliphatic carbocycles. The van der Waals surface area contributed by atoms with Gasteiger partial charge in [0.15, 0.2) is 0 Å². The number of para-hydroxylation sites is 1. The average molecular weight is 589 g/mol. The molecule has 3 nitrogen and oxygen atoms in total. The molecule has 0 atom stereocenters. The molecular formula is C43H28N2O. The Balaban J connectivity index is 1.18. The van der Waals surface area contributed by atoms with Gasteiger partial charge in [-0.2, -0.15) is 0 Å². The van der Waals surface area contributed by atoms with Gasteiger partial charge in [0, 0.05) is 33.2 Å². The van der Waals surface area contributed by atoms with E-state index < -0.39 is 0 Å². The maximum absolute atomic E-state index is 6.58. The highest BCUT2D eigenvalue weighted by atomic mass is 16.3. The topological polar surface area (TPSA) is 31.0 Å². The summed E-state index contributed by atoms with van der Waals surface area (Å²) >= 11 is 0. The van der Waals surface area contributed by atoms with E-state index in [1.807, 2.05) is 24.3 Å². The first-order chi connectivity index (χ1) is 22.8. The lowest BCUT2D eigenvalue weighted by molar-refractivity contribution is 0.635. The van der Waals surface area contributed by atoms with Crippen molar-refractivity contribution in [2.45, 2.75) is 0 Å². The summed E-state index contributed by atoms with van der Waals surface area (Å²) in [4.78, 5) is 5.13. The zero-order valence-electron chi connectivity index (χ0n) is 25.0. The molecule has 0 saturated carbocycles. The quantitative estimate of drug-likeness (QED) is 0.200. The van der Waals surface area contributed by atoms with Crippen LogP contribution in [0.5, 0.6) is 0 Å². The lowest BCUT2D eigenvalue weighted by atomic mass is 10.00. The second-order valence-electron chi connectivity index (χ2n) is 11.6. The zero-order valence-corrected chi connectivity index (χ0v) is 25.0. The van der Waals surface area contributed by atoms with Gasteiger partial charge in [-0.25, -0.2) is 4.98 Å². The van der Waals surface area contributed by atoms with Gasteiger partial charge in [0.25, 0.3) is 0 Å². The molecule has 3 heteroatoms. The van der Waals surface area contributed by atoms with Crippen LogP contribution in [0.2, 0.25) is 0 Å². The third-order valence-electron chi connectivity index (χ3n) is 8.80. The molecule has 9 rings (SSSR count). The molecule has 0 N–H and O–H groups in total. The molecule has 0 saturated heterocycles. The Labute approximate surface area is 266 Å². The van der Waals surface area contributed by atoms with E-state index in [9.17, 15) is 0 Å². The zero-order chi connectivity index (χ0) is 30.5. The van der Waals surface area contributed by atoms with Crippen LogP contribution >= 0.6 is 0 Å². The molecule has 3 heterocycles. The summed E-state index contributed by atoms with van der Waals surface area (Å²) in [7, 11) is 0. The highest BCUT2D eigenvalue weighted by Crippen LogP contribution is 2.40. The Hall–Kier alpha value is -6.19. The highest BCUT2D eigenvalue weighted by molar-refractivity contribution is 6.20. The first kappa shape index (κ1) is 26.2. The molecule has 0 aliphatic rings. The van der Waals surface area contributed by atoms with Crippen LogP contribution in [0.1, 0.15) is 0 Å². The molecule has 3 aromatic heterocycles. The maximum Gasteiger partial charge on any atom is 0.144 e. The number of benzene rings is 6. The molecule has 0 fully saturated rings. The molecule has 9 aromatic rings. The van der Waals surface area contributed by atoms with E-state index in [-0.39, 0.29) is 0 Å². The molecular weight excluding hydrogens is 560 g/mol. The monoisotopic (exact) mass is 588 g/mol. The van der Waals surface area contributed by atoms with Crippen LogP contribution in [-0.4, -0.2) is 9.55 Å². The third-order valence-corrected chi connectivity index (χ3v) is 8.80. The van der Waals surface area contributed by atoms with Gasteiger partial charge in [0.2, 0.25) is 0 Å². The Morgan fingerprint density at radius 1 is 0.435 bits per heavy atom. The van der Waals surface area contributed by atoms with Crippen molar-refractivity contribution < 1.29 is 4.42 Å². The first-order valence-electron chi connectivity index (χ1n) is 15.5. The van der Waals surface area contributed by atoms with Crippen molar-refractivity contribution >= 4 is 32.8 Å². The van der Waals surface area contributed by atoms with Crippen LogP contribution in [0, 0.1) is 0 Å². The van der Waals surface area contributed by atoms with Gasteiger partial charge < -0.3 is 8.98 Å². The van der Waals surface area contributed by atoms with E-state index in [0.717, 1.165) is 72.5 Å². The van der Waals surface area contributed by atoms with E-state index in [1.54, 1.807) is 0 Å². The minimum absolute atomic E-state index is 0.879. The van der Waals surface area contributed by atoms with Crippen LogP contribution in [0.25, 0.3) is 83.4 Å². The molecule has 46 heavy (non-hydrogen) atoms. The number of fused-ring (bicyclic) bond motifs is 5. The summed E-state index contributed by atoms with van der Waals surface area (Å²) < 4.78 is 8.91. The molecule has 0 bridgehead atoms. The Morgan fingerprint density at radius 3 is 1.72 bits per heavy atom. The smallest absolute Gasteiger partial charge is 0.144 e. The van der Waals surface area contributed by atoms with Crippen molar-refractivity contribution in [2.75, 3.05) is 0 Å². The van der Waals surface area contributed by atoms with Crippen molar-refractivity contribution in [3.63, 3.8) is 0 Å². The van der Waals surface area contributed by atoms with Crippen molar-refractivity contribution in [1.82, 2.24) is 9.55 Å². The van der Waals surface area contributed by atoms with E-state index in [4.69, 9.17) is 9.40 Å². The van der Waals surface area contributed by atoms with Gasteiger partial charge in [-0.15, -0.1) is 0 Å². The number of hydrogen-bond donors (Lipinski definition) is 0. The minimum atomic E-state index is 0.879. The molecule has 0 spiro atoms. The highest BCUT2D eigenvalue weighted by Gasteiger charge is 2.18. The molecule has 0 amide bonds. The van der Waals surface area contributed by atoms with Gasteiger partial charge in [-0.05, 0) is 59.7 Å². The van der Waals surface area contributed by atoms with Crippen LogP contribution in [0.4, 0.5) is 0 Å². The second-order valence-corrected chi connectivity index (χ2v) is 11.6. The summed E-state index contributed by atoms with van der Waals surface area (Å²) in [6.07, 6.45) is 0. The standard InChI is InChI=1S/C43H28N2O/c1-4-12-29(13-5-1)34-26-37(30-14-6-2-7-15-30)44-38(27-34)31-20-23-35(24-21-31)45-39-19-11-10-18-36(39)42-40(45)25-22-33-28-41(46-43(33)42)32-16-8-3-9-17-32/h1-28H. The number of nitrogens with zero attached hydrogens (tertiary/aromatic N) is 2. The van der Waals surface area contributed by atoms with Crippen LogP contribution in [0.15, 0.2) is 174 Å². The van der Waals surface area contributed by atoms with E-state index in [1.165, 1.54) is 10.9 Å². The molecule has 0 unspecified atom stereocenters. The number of hydrogen-bond acceptors (Lipinski definition) is 2. The third kappa shape index (κ3) is 4.41.